The van der Waals surface area contributed by atoms with Crippen molar-refractivity contribution in [1.29, 1.82) is 0 Å². The van der Waals surface area contributed by atoms with Gasteiger partial charge in [0.1, 0.15) is 10.7 Å². The summed E-state index contributed by atoms with van der Waals surface area (Å²) in [6, 6.07) is 1.75. The Morgan fingerprint density at radius 1 is 1.21 bits per heavy atom. The van der Waals surface area contributed by atoms with Crippen molar-refractivity contribution in [2.24, 2.45) is 0 Å². The zero-order chi connectivity index (χ0) is 13.9. The zero-order valence-electron chi connectivity index (χ0n) is 10.4. The summed E-state index contributed by atoms with van der Waals surface area (Å²) in [7, 11) is 0. The Bertz CT molecular complexity index is 535. The Labute approximate surface area is 119 Å². The van der Waals surface area contributed by atoms with Gasteiger partial charge in [0.05, 0.1) is 12.4 Å². The van der Waals surface area contributed by atoms with Crippen LogP contribution in [0.1, 0.15) is 19.7 Å². The number of rotatable bonds is 4. The van der Waals surface area contributed by atoms with Crippen LogP contribution in [-0.2, 0) is 4.87 Å². The fraction of sp³-hybridized carbons (Fsp3) is 0.333. The number of hydrogen-bond donors (Lipinski definition) is 0. The van der Waals surface area contributed by atoms with Crippen molar-refractivity contribution in [2.75, 3.05) is 0 Å². The number of aromatic nitrogens is 4. The zero-order valence-corrected chi connectivity index (χ0v) is 12.0. The predicted molar refractivity (Wildman–Crippen MR) is 72.5 cm³/mol. The van der Waals surface area contributed by atoms with E-state index < -0.39 is 10.7 Å². The lowest BCUT2D eigenvalue weighted by Crippen LogP contribution is -2.28. The van der Waals surface area contributed by atoms with Gasteiger partial charge in [-0.3, -0.25) is 0 Å². The molecule has 0 fully saturated rings. The van der Waals surface area contributed by atoms with Gasteiger partial charge in [-0.25, -0.2) is 24.3 Å². The first-order valence-corrected chi connectivity index (χ1v) is 6.86. The first kappa shape index (κ1) is 14.1. The first-order chi connectivity index (χ1) is 9.00. The highest BCUT2D eigenvalue weighted by atomic mass is 35.5. The fourth-order valence-corrected chi connectivity index (χ4v) is 2.48. The predicted octanol–water partition coefficient (Wildman–Crippen LogP) is 3.04. The SMILES string of the molecule is CC(Sc1ncccn1)C(C)(Cl)c1ncc(F)cn1. The van der Waals surface area contributed by atoms with Crippen molar-refractivity contribution < 1.29 is 4.39 Å². The van der Waals surface area contributed by atoms with Crippen molar-refractivity contribution in [3.05, 3.63) is 42.5 Å². The largest absolute Gasteiger partial charge is 0.236 e. The van der Waals surface area contributed by atoms with Crippen LogP contribution >= 0.6 is 23.4 Å². The van der Waals surface area contributed by atoms with Crippen LogP contribution < -0.4 is 0 Å². The molecule has 0 aliphatic carbocycles. The van der Waals surface area contributed by atoms with Gasteiger partial charge in [-0.1, -0.05) is 18.7 Å². The van der Waals surface area contributed by atoms with Gasteiger partial charge in [-0.05, 0) is 13.0 Å². The van der Waals surface area contributed by atoms with Crippen molar-refractivity contribution >= 4 is 23.4 Å². The number of alkyl halides is 1. The van der Waals surface area contributed by atoms with E-state index in [1.165, 1.54) is 11.8 Å². The molecule has 0 amide bonds. The molecule has 2 unspecified atom stereocenters. The Kier molecular flexibility index (Phi) is 4.31. The van der Waals surface area contributed by atoms with Crippen LogP contribution in [-0.4, -0.2) is 25.2 Å². The molecule has 0 spiro atoms. The van der Waals surface area contributed by atoms with Gasteiger partial charge in [-0.2, -0.15) is 0 Å². The third kappa shape index (κ3) is 3.39. The highest BCUT2D eigenvalue weighted by Gasteiger charge is 2.35. The van der Waals surface area contributed by atoms with Crippen LogP contribution in [0.2, 0.25) is 0 Å². The molecule has 4 nitrogen and oxygen atoms in total. The summed E-state index contributed by atoms with van der Waals surface area (Å²) in [5.74, 6) is -0.102. The van der Waals surface area contributed by atoms with Crippen molar-refractivity contribution in [3.63, 3.8) is 0 Å². The fourth-order valence-electron chi connectivity index (χ4n) is 1.36. The van der Waals surface area contributed by atoms with E-state index in [9.17, 15) is 4.39 Å². The third-order valence-electron chi connectivity index (χ3n) is 2.65. The lowest BCUT2D eigenvalue weighted by molar-refractivity contribution is 0.577. The van der Waals surface area contributed by atoms with Crippen LogP contribution in [0.25, 0.3) is 0 Å². The minimum atomic E-state index is -0.836. The van der Waals surface area contributed by atoms with Crippen LogP contribution in [0.3, 0.4) is 0 Å². The molecule has 0 N–H and O–H groups in total. The second kappa shape index (κ2) is 5.79. The van der Waals surface area contributed by atoms with E-state index in [0.29, 0.717) is 11.0 Å². The summed E-state index contributed by atoms with van der Waals surface area (Å²) in [4.78, 5) is 15.3. The van der Waals surface area contributed by atoms with E-state index in [2.05, 4.69) is 19.9 Å². The van der Waals surface area contributed by atoms with Crippen LogP contribution in [0.4, 0.5) is 4.39 Å². The molecular weight excluding hydrogens is 287 g/mol. The van der Waals surface area contributed by atoms with Crippen molar-refractivity contribution in [2.45, 2.75) is 29.1 Å². The van der Waals surface area contributed by atoms with Crippen molar-refractivity contribution in [3.8, 4) is 0 Å². The number of thioether (sulfide) groups is 1. The third-order valence-corrected chi connectivity index (χ3v) is 4.52. The molecule has 0 aromatic carbocycles. The molecule has 0 saturated carbocycles. The lowest BCUT2D eigenvalue weighted by Gasteiger charge is -2.26. The molecule has 2 heterocycles. The van der Waals surface area contributed by atoms with Gasteiger partial charge in [-0.15, -0.1) is 11.6 Å². The average molecular weight is 299 g/mol. The molecule has 0 aliphatic rings. The maximum atomic E-state index is 12.8. The summed E-state index contributed by atoms with van der Waals surface area (Å²) in [5, 5.41) is 0.547. The van der Waals surface area contributed by atoms with Gasteiger partial charge in [0.15, 0.2) is 11.0 Å². The average Bonchev–Trinajstić information content (AvgIpc) is 2.40. The molecule has 2 rings (SSSR count). The molecular formula is C12H12ClFN4S. The van der Waals surface area contributed by atoms with Crippen LogP contribution in [0.15, 0.2) is 36.0 Å². The van der Waals surface area contributed by atoms with Gasteiger partial charge >= 0.3 is 0 Å². The van der Waals surface area contributed by atoms with E-state index in [4.69, 9.17) is 11.6 Å². The first-order valence-electron chi connectivity index (χ1n) is 5.61. The Morgan fingerprint density at radius 2 is 1.79 bits per heavy atom. The molecule has 0 radical (unpaired) electrons. The molecule has 2 atom stereocenters. The quantitative estimate of drug-likeness (QED) is 0.493. The standard InChI is InChI=1S/C12H12ClFN4S/c1-8(19-11-15-4-3-5-16-11)12(2,13)10-17-6-9(14)7-18-10/h3-8H,1-2H3. The second-order valence-corrected chi connectivity index (χ2v) is 6.19. The molecule has 0 saturated heterocycles. The molecule has 0 bridgehead atoms. The van der Waals surface area contributed by atoms with E-state index in [1.54, 1.807) is 25.4 Å². The topological polar surface area (TPSA) is 51.6 Å². The van der Waals surface area contributed by atoms with Crippen molar-refractivity contribution in [1.82, 2.24) is 19.9 Å². The van der Waals surface area contributed by atoms with E-state index in [-0.39, 0.29) is 5.25 Å². The highest BCUT2D eigenvalue weighted by Crippen LogP contribution is 2.38. The normalized spacial score (nSPS) is 15.8. The smallest absolute Gasteiger partial charge is 0.187 e. The molecule has 2 aromatic heterocycles. The minimum absolute atomic E-state index is 0.0815. The van der Waals surface area contributed by atoms with E-state index in [1.807, 2.05) is 6.92 Å². The summed E-state index contributed by atoms with van der Waals surface area (Å²) >= 11 is 7.91. The Balaban J connectivity index is 2.17. The van der Waals surface area contributed by atoms with Crippen LogP contribution in [0, 0.1) is 5.82 Å². The van der Waals surface area contributed by atoms with Gasteiger partial charge in [0.2, 0.25) is 0 Å². The summed E-state index contributed by atoms with van der Waals surface area (Å²) in [5.41, 5.74) is 0. The summed E-state index contributed by atoms with van der Waals surface area (Å²) in [6.45, 7) is 3.73. The Morgan fingerprint density at radius 3 is 2.37 bits per heavy atom. The minimum Gasteiger partial charge on any atom is -0.236 e. The summed E-state index contributed by atoms with van der Waals surface area (Å²) in [6.07, 6.45) is 5.56. The number of hydrogen-bond acceptors (Lipinski definition) is 5. The van der Waals surface area contributed by atoms with Crippen LogP contribution in [0.5, 0.6) is 0 Å². The van der Waals surface area contributed by atoms with Gasteiger partial charge in [0.25, 0.3) is 0 Å². The molecule has 7 heteroatoms. The number of nitrogens with zero attached hydrogens (tertiary/aromatic N) is 4. The van der Waals surface area contributed by atoms with E-state index in [0.717, 1.165) is 12.4 Å². The summed E-state index contributed by atoms with van der Waals surface area (Å²) < 4.78 is 12.8. The molecule has 0 aliphatic heterocycles. The van der Waals surface area contributed by atoms with Gasteiger partial charge in [0, 0.05) is 17.6 Å². The monoisotopic (exact) mass is 298 g/mol. The highest BCUT2D eigenvalue weighted by molar-refractivity contribution is 7.99. The second-order valence-electron chi connectivity index (χ2n) is 4.09. The molecule has 19 heavy (non-hydrogen) atoms. The lowest BCUT2D eigenvalue weighted by atomic mass is 10.1. The Hall–Kier alpha value is -1.27. The van der Waals surface area contributed by atoms with E-state index >= 15 is 0 Å². The molecule has 2 aromatic rings. The maximum absolute atomic E-state index is 12.8. The maximum Gasteiger partial charge on any atom is 0.187 e. The number of halogens is 2. The van der Waals surface area contributed by atoms with Gasteiger partial charge < -0.3 is 0 Å². The molecule has 100 valence electrons.